The number of esters is 1. The van der Waals surface area contributed by atoms with Crippen molar-refractivity contribution in [2.75, 3.05) is 7.11 Å². The van der Waals surface area contributed by atoms with Crippen LogP contribution in [0.5, 0.6) is 0 Å². The summed E-state index contributed by atoms with van der Waals surface area (Å²) in [5, 5.41) is 30.5. The molecule has 0 amide bonds. The van der Waals surface area contributed by atoms with E-state index >= 15 is 0 Å². The number of methoxy groups -OCH3 is 1. The molecule has 5 nitrogen and oxygen atoms in total. The predicted molar refractivity (Wildman–Crippen MR) is 103 cm³/mol. The average Bonchev–Trinajstić information content (AvgIpc) is 2.89. The van der Waals surface area contributed by atoms with E-state index in [0.29, 0.717) is 19.3 Å². The van der Waals surface area contributed by atoms with Gasteiger partial charge in [0, 0.05) is 18.8 Å². The first-order valence-corrected chi connectivity index (χ1v) is 9.93. The number of allylic oxidation sites excluding steroid dienone is 2. The normalized spacial score (nSPS) is 27.4. The summed E-state index contributed by atoms with van der Waals surface area (Å²) >= 11 is 0. The Morgan fingerprint density at radius 2 is 1.96 bits per heavy atom. The molecule has 0 aromatic rings. The molecule has 1 aliphatic rings. The lowest BCUT2D eigenvalue weighted by molar-refractivity contribution is -0.140. The number of rotatable bonds is 12. The van der Waals surface area contributed by atoms with Gasteiger partial charge in [-0.25, -0.2) is 0 Å². The summed E-state index contributed by atoms with van der Waals surface area (Å²) in [7, 11) is 1.39. The van der Waals surface area contributed by atoms with Crippen molar-refractivity contribution >= 4 is 5.97 Å². The van der Waals surface area contributed by atoms with Gasteiger partial charge in [0.15, 0.2) is 0 Å². The molecule has 1 rings (SSSR count). The molecule has 5 atom stereocenters. The second kappa shape index (κ2) is 13.1. The minimum atomic E-state index is -0.568. The van der Waals surface area contributed by atoms with E-state index in [2.05, 4.69) is 11.7 Å². The lowest BCUT2D eigenvalue weighted by atomic mass is 9.89. The zero-order valence-electron chi connectivity index (χ0n) is 16.2. The first-order chi connectivity index (χ1) is 12.5. The third kappa shape index (κ3) is 8.47. The maximum absolute atomic E-state index is 11.1. The van der Waals surface area contributed by atoms with Crippen molar-refractivity contribution in [1.82, 2.24) is 0 Å². The van der Waals surface area contributed by atoms with E-state index in [4.69, 9.17) is 0 Å². The van der Waals surface area contributed by atoms with E-state index in [1.165, 1.54) is 7.11 Å². The number of aliphatic hydroxyl groups is 3. The molecule has 0 radical (unpaired) electrons. The number of hydrogen-bond acceptors (Lipinski definition) is 5. The molecular weight excluding hydrogens is 332 g/mol. The SMILES string of the molecule is CCCCC[C@@H](O)/C=C/[C@@H]1[C@@H](C/C=C/CCCC(=O)OC)[C@@H](O)C[C@H]1O. The topological polar surface area (TPSA) is 87.0 Å². The van der Waals surface area contributed by atoms with E-state index in [-0.39, 0.29) is 17.8 Å². The molecule has 26 heavy (non-hydrogen) atoms. The minimum absolute atomic E-state index is 0.0408. The summed E-state index contributed by atoms with van der Waals surface area (Å²) < 4.78 is 4.60. The van der Waals surface area contributed by atoms with Gasteiger partial charge < -0.3 is 20.1 Å². The van der Waals surface area contributed by atoms with Crippen LogP contribution >= 0.6 is 0 Å². The fraction of sp³-hybridized carbons (Fsp3) is 0.762. The van der Waals surface area contributed by atoms with Crippen LogP contribution < -0.4 is 0 Å². The maximum atomic E-state index is 11.1. The van der Waals surface area contributed by atoms with Crippen LogP contribution in [0.1, 0.15) is 64.7 Å². The summed E-state index contributed by atoms with van der Waals surface area (Å²) in [6.07, 6.45) is 13.1. The second-order valence-corrected chi connectivity index (χ2v) is 7.24. The Balaban J connectivity index is 2.44. The number of hydrogen-bond donors (Lipinski definition) is 3. The van der Waals surface area contributed by atoms with Crippen LogP contribution in [0.4, 0.5) is 0 Å². The van der Waals surface area contributed by atoms with Gasteiger partial charge in [0.25, 0.3) is 0 Å². The Morgan fingerprint density at radius 1 is 1.19 bits per heavy atom. The summed E-state index contributed by atoms with van der Waals surface area (Å²) in [5.74, 6) is -0.373. The molecule has 3 N–H and O–H groups in total. The Bertz CT molecular complexity index is 446. The highest BCUT2D eigenvalue weighted by Gasteiger charge is 2.39. The fourth-order valence-corrected chi connectivity index (χ4v) is 3.50. The zero-order chi connectivity index (χ0) is 19.4. The number of carbonyl (C=O) groups is 1. The van der Waals surface area contributed by atoms with Gasteiger partial charge in [-0.1, -0.05) is 50.5 Å². The average molecular weight is 369 g/mol. The Labute approximate surface area is 157 Å². The summed E-state index contributed by atoms with van der Waals surface area (Å²) in [6.45, 7) is 2.13. The van der Waals surface area contributed by atoms with E-state index in [0.717, 1.165) is 38.5 Å². The van der Waals surface area contributed by atoms with Crippen molar-refractivity contribution in [2.45, 2.75) is 83.0 Å². The van der Waals surface area contributed by atoms with Crippen LogP contribution in [0.15, 0.2) is 24.3 Å². The highest BCUT2D eigenvalue weighted by molar-refractivity contribution is 5.69. The lowest BCUT2D eigenvalue weighted by Gasteiger charge is -2.19. The van der Waals surface area contributed by atoms with Crippen LogP contribution in [0.3, 0.4) is 0 Å². The van der Waals surface area contributed by atoms with Gasteiger partial charge in [0.2, 0.25) is 0 Å². The quantitative estimate of drug-likeness (QED) is 0.280. The Hall–Kier alpha value is -1.17. The highest BCUT2D eigenvalue weighted by Crippen LogP contribution is 2.36. The van der Waals surface area contributed by atoms with E-state index in [9.17, 15) is 20.1 Å². The van der Waals surface area contributed by atoms with Gasteiger partial charge >= 0.3 is 5.97 Å². The molecule has 0 unspecified atom stereocenters. The van der Waals surface area contributed by atoms with Crippen molar-refractivity contribution < 1.29 is 24.9 Å². The number of unbranched alkanes of at least 4 members (excludes halogenated alkanes) is 3. The number of ether oxygens (including phenoxy) is 1. The largest absolute Gasteiger partial charge is 0.469 e. The lowest BCUT2D eigenvalue weighted by Crippen LogP contribution is -2.20. The van der Waals surface area contributed by atoms with Crippen molar-refractivity contribution in [3.8, 4) is 0 Å². The van der Waals surface area contributed by atoms with E-state index in [1.54, 1.807) is 6.08 Å². The van der Waals surface area contributed by atoms with Crippen LogP contribution in [0.25, 0.3) is 0 Å². The van der Waals surface area contributed by atoms with Gasteiger partial charge in [-0.05, 0) is 31.6 Å². The molecule has 0 bridgehead atoms. The van der Waals surface area contributed by atoms with E-state index in [1.807, 2.05) is 18.2 Å². The van der Waals surface area contributed by atoms with Crippen molar-refractivity contribution in [3.05, 3.63) is 24.3 Å². The smallest absolute Gasteiger partial charge is 0.305 e. The van der Waals surface area contributed by atoms with Crippen LogP contribution in [-0.4, -0.2) is 46.7 Å². The second-order valence-electron chi connectivity index (χ2n) is 7.24. The maximum Gasteiger partial charge on any atom is 0.305 e. The molecule has 0 heterocycles. The molecule has 150 valence electrons. The highest BCUT2D eigenvalue weighted by atomic mass is 16.5. The molecule has 5 heteroatoms. The molecule has 1 aliphatic carbocycles. The molecule has 1 saturated carbocycles. The first-order valence-electron chi connectivity index (χ1n) is 9.93. The van der Waals surface area contributed by atoms with Crippen molar-refractivity contribution in [2.24, 2.45) is 11.8 Å². The molecule has 0 aromatic heterocycles. The van der Waals surface area contributed by atoms with Gasteiger partial charge in [-0.15, -0.1) is 0 Å². The molecule has 0 saturated heterocycles. The van der Waals surface area contributed by atoms with Gasteiger partial charge in [0.05, 0.1) is 25.4 Å². The zero-order valence-corrected chi connectivity index (χ0v) is 16.2. The number of aliphatic hydroxyl groups excluding tert-OH is 3. The van der Waals surface area contributed by atoms with Crippen molar-refractivity contribution in [1.29, 1.82) is 0 Å². The summed E-state index contributed by atoms with van der Waals surface area (Å²) in [4.78, 5) is 11.1. The molecule has 0 aliphatic heterocycles. The van der Waals surface area contributed by atoms with Gasteiger partial charge in [-0.3, -0.25) is 4.79 Å². The van der Waals surface area contributed by atoms with Crippen molar-refractivity contribution in [3.63, 3.8) is 0 Å². The fourth-order valence-electron chi connectivity index (χ4n) is 3.50. The van der Waals surface area contributed by atoms with E-state index < -0.39 is 18.3 Å². The number of carbonyl (C=O) groups excluding carboxylic acids is 1. The Kier molecular flexibility index (Phi) is 11.5. The van der Waals surface area contributed by atoms with Crippen LogP contribution in [0, 0.1) is 11.8 Å². The summed E-state index contributed by atoms with van der Waals surface area (Å²) in [6, 6.07) is 0. The molecule has 0 aromatic carbocycles. The van der Waals surface area contributed by atoms with Crippen LogP contribution in [0.2, 0.25) is 0 Å². The predicted octanol–water partition coefficient (Wildman–Crippen LogP) is 3.13. The minimum Gasteiger partial charge on any atom is -0.469 e. The first kappa shape index (κ1) is 22.9. The molecular formula is C21H36O5. The standard InChI is InChI=1S/C21H36O5/c1-3-4-7-10-16(22)13-14-18-17(19(23)15-20(18)24)11-8-5-6-9-12-21(25)26-2/h5,8,13-14,16-20,22-24H,3-4,6-7,9-12,15H2,1-2H3/b8-5+,14-13+/t16-,17-,18-,19+,20-/m1/s1. The third-order valence-corrected chi connectivity index (χ3v) is 5.13. The van der Waals surface area contributed by atoms with Gasteiger partial charge in [-0.2, -0.15) is 0 Å². The van der Waals surface area contributed by atoms with Gasteiger partial charge in [0.1, 0.15) is 0 Å². The monoisotopic (exact) mass is 368 g/mol. The molecule has 1 fully saturated rings. The van der Waals surface area contributed by atoms with Crippen LogP contribution in [-0.2, 0) is 9.53 Å². The Morgan fingerprint density at radius 3 is 2.65 bits per heavy atom. The summed E-state index contributed by atoms with van der Waals surface area (Å²) in [5.41, 5.74) is 0. The third-order valence-electron chi connectivity index (χ3n) is 5.13. The molecule has 0 spiro atoms.